The smallest absolute Gasteiger partial charge is 0.142 e. The van der Waals surface area contributed by atoms with Crippen LogP contribution in [-0.2, 0) is 0 Å². The zero-order chi connectivity index (χ0) is 15.6. The number of halogens is 2. The summed E-state index contributed by atoms with van der Waals surface area (Å²) in [6.45, 7) is 9.11. The summed E-state index contributed by atoms with van der Waals surface area (Å²) in [5, 5.41) is 3.41. The van der Waals surface area contributed by atoms with Gasteiger partial charge in [0.05, 0.1) is 10.5 Å². The van der Waals surface area contributed by atoms with Crippen molar-refractivity contribution in [1.29, 1.82) is 0 Å². The third-order valence-corrected chi connectivity index (χ3v) is 4.51. The Labute approximate surface area is 134 Å². The van der Waals surface area contributed by atoms with E-state index in [9.17, 15) is 4.39 Å². The highest BCUT2D eigenvalue weighted by molar-refractivity contribution is 9.10. The minimum Gasteiger partial charge on any atom is -0.306 e. The van der Waals surface area contributed by atoms with Crippen LogP contribution in [0.2, 0.25) is 0 Å². The van der Waals surface area contributed by atoms with Gasteiger partial charge in [-0.3, -0.25) is 0 Å². The number of rotatable bonds is 4. The van der Waals surface area contributed by atoms with Crippen LogP contribution >= 0.6 is 15.9 Å². The largest absolute Gasteiger partial charge is 0.306 e. The van der Waals surface area contributed by atoms with Gasteiger partial charge in [0.1, 0.15) is 5.82 Å². The molecule has 3 heteroatoms. The summed E-state index contributed by atoms with van der Waals surface area (Å²) in [5.41, 5.74) is 5.49. The van der Waals surface area contributed by atoms with Gasteiger partial charge in [-0.15, -0.1) is 0 Å². The van der Waals surface area contributed by atoms with E-state index in [1.54, 1.807) is 6.07 Å². The van der Waals surface area contributed by atoms with Crippen molar-refractivity contribution in [2.75, 3.05) is 6.54 Å². The normalized spacial score (nSPS) is 12.5. The zero-order valence-electron chi connectivity index (χ0n) is 12.9. The molecule has 2 aromatic carbocycles. The molecular weight excluding hydrogens is 329 g/mol. The van der Waals surface area contributed by atoms with Crippen LogP contribution < -0.4 is 5.32 Å². The highest BCUT2D eigenvalue weighted by Crippen LogP contribution is 2.31. The Hall–Kier alpha value is -1.19. The minimum atomic E-state index is -0.193. The van der Waals surface area contributed by atoms with Crippen molar-refractivity contribution < 1.29 is 4.39 Å². The van der Waals surface area contributed by atoms with Gasteiger partial charge in [0, 0.05) is 5.56 Å². The van der Waals surface area contributed by atoms with Crippen LogP contribution in [0.15, 0.2) is 34.8 Å². The first-order valence-electron chi connectivity index (χ1n) is 7.20. The number of aryl methyl sites for hydroxylation is 3. The Bertz CT molecular complexity index is 652. The third kappa shape index (κ3) is 3.35. The standard InChI is InChI=1S/C18H21BrFN/c1-5-21-18(14-7-6-8-16(19)17(14)20)15-10-12(3)11(2)9-13(15)4/h6-10,18,21H,5H2,1-4H3. The summed E-state index contributed by atoms with van der Waals surface area (Å²) < 4.78 is 15.0. The van der Waals surface area contributed by atoms with Crippen molar-refractivity contribution in [1.82, 2.24) is 5.32 Å². The lowest BCUT2D eigenvalue weighted by atomic mass is 9.91. The number of hydrogen-bond donors (Lipinski definition) is 1. The molecule has 1 atom stereocenters. The molecule has 0 fully saturated rings. The summed E-state index contributed by atoms with van der Waals surface area (Å²) in [7, 11) is 0. The second-order valence-electron chi connectivity index (χ2n) is 5.43. The fourth-order valence-electron chi connectivity index (χ4n) is 2.63. The quantitative estimate of drug-likeness (QED) is 0.798. The molecule has 0 spiro atoms. The van der Waals surface area contributed by atoms with Gasteiger partial charge >= 0.3 is 0 Å². The Morgan fingerprint density at radius 2 is 1.71 bits per heavy atom. The van der Waals surface area contributed by atoms with Crippen LogP contribution in [0.3, 0.4) is 0 Å². The van der Waals surface area contributed by atoms with E-state index in [-0.39, 0.29) is 11.9 Å². The van der Waals surface area contributed by atoms with E-state index in [1.807, 2.05) is 19.1 Å². The number of benzene rings is 2. The molecule has 1 unspecified atom stereocenters. The van der Waals surface area contributed by atoms with Crippen molar-refractivity contribution >= 4 is 15.9 Å². The molecule has 0 amide bonds. The molecule has 21 heavy (non-hydrogen) atoms. The summed E-state index contributed by atoms with van der Waals surface area (Å²) in [5.74, 6) is -0.193. The van der Waals surface area contributed by atoms with Gasteiger partial charge in [0.25, 0.3) is 0 Å². The maximum absolute atomic E-state index is 14.5. The predicted molar refractivity (Wildman–Crippen MR) is 90.3 cm³/mol. The molecule has 0 aliphatic heterocycles. The Morgan fingerprint density at radius 3 is 2.38 bits per heavy atom. The monoisotopic (exact) mass is 349 g/mol. The van der Waals surface area contributed by atoms with Crippen LogP contribution in [0.1, 0.15) is 40.8 Å². The van der Waals surface area contributed by atoms with Gasteiger partial charge in [-0.2, -0.15) is 0 Å². The van der Waals surface area contributed by atoms with Crippen molar-refractivity contribution in [3.05, 3.63) is 68.4 Å². The first-order valence-corrected chi connectivity index (χ1v) is 8.00. The Kier molecular flexibility index (Phi) is 5.17. The average molecular weight is 350 g/mol. The van der Waals surface area contributed by atoms with Crippen LogP contribution in [0.5, 0.6) is 0 Å². The molecule has 0 bridgehead atoms. The van der Waals surface area contributed by atoms with Crippen LogP contribution in [0.25, 0.3) is 0 Å². The van der Waals surface area contributed by atoms with Crippen molar-refractivity contribution in [3.8, 4) is 0 Å². The van der Waals surface area contributed by atoms with E-state index in [0.717, 1.165) is 12.1 Å². The lowest BCUT2D eigenvalue weighted by Crippen LogP contribution is -2.24. The molecular formula is C18H21BrFN. The average Bonchev–Trinajstić information content (AvgIpc) is 2.44. The molecule has 2 rings (SSSR count). The number of hydrogen-bond acceptors (Lipinski definition) is 1. The van der Waals surface area contributed by atoms with Gasteiger partial charge in [-0.05, 0) is 71.6 Å². The van der Waals surface area contributed by atoms with Gasteiger partial charge < -0.3 is 5.32 Å². The molecule has 0 aliphatic carbocycles. The summed E-state index contributed by atoms with van der Waals surface area (Å²) in [6, 6.07) is 9.66. The van der Waals surface area contributed by atoms with E-state index in [1.165, 1.54) is 16.7 Å². The Balaban J connectivity index is 2.59. The molecule has 0 saturated heterocycles. The molecule has 2 aromatic rings. The van der Waals surface area contributed by atoms with E-state index >= 15 is 0 Å². The van der Waals surface area contributed by atoms with Crippen LogP contribution in [0.4, 0.5) is 4.39 Å². The summed E-state index contributed by atoms with van der Waals surface area (Å²) in [4.78, 5) is 0. The van der Waals surface area contributed by atoms with Gasteiger partial charge in [-0.1, -0.05) is 31.2 Å². The Morgan fingerprint density at radius 1 is 1.05 bits per heavy atom. The van der Waals surface area contributed by atoms with Gasteiger partial charge in [-0.25, -0.2) is 4.39 Å². The fraction of sp³-hybridized carbons (Fsp3) is 0.333. The highest BCUT2D eigenvalue weighted by Gasteiger charge is 2.20. The lowest BCUT2D eigenvalue weighted by Gasteiger charge is -2.23. The third-order valence-electron chi connectivity index (χ3n) is 3.89. The van der Waals surface area contributed by atoms with E-state index < -0.39 is 0 Å². The first-order chi connectivity index (χ1) is 9.95. The zero-order valence-corrected chi connectivity index (χ0v) is 14.5. The lowest BCUT2D eigenvalue weighted by molar-refractivity contribution is 0.553. The highest BCUT2D eigenvalue weighted by atomic mass is 79.9. The van der Waals surface area contributed by atoms with E-state index in [0.29, 0.717) is 10.0 Å². The second kappa shape index (κ2) is 6.71. The molecule has 1 N–H and O–H groups in total. The molecule has 112 valence electrons. The molecule has 0 saturated carbocycles. The van der Waals surface area contributed by atoms with E-state index in [4.69, 9.17) is 0 Å². The summed E-state index contributed by atoms with van der Waals surface area (Å²) >= 11 is 3.28. The van der Waals surface area contributed by atoms with Gasteiger partial charge in [0.2, 0.25) is 0 Å². The van der Waals surface area contributed by atoms with E-state index in [2.05, 4.69) is 54.2 Å². The number of nitrogens with one attached hydrogen (secondary N) is 1. The molecule has 0 aliphatic rings. The topological polar surface area (TPSA) is 12.0 Å². The van der Waals surface area contributed by atoms with Crippen molar-refractivity contribution in [2.45, 2.75) is 33.7 Å². The maximum Gasteiger partial charge on any atom is 0.142 e. The molecule has 0 aromatic heterocycles. The van der Waals surface area contributed by atoms with Crippen LogP contribution in [-0.4, -0.2) is 6.54 Å². The second-order valence-corrected chi connectivity index (χ2v) is 6.28. The molecule has 0 radical (unpaired) electrons. The fourth-order valence-corrected chi connectivity index (χ4v) is 3.01. The molecule has 1 nitrogen and oxygen atoms in total. The predicted octanol–water partition coefficient (Wildman–Crippen LogP) is 5.21. The summed E-state index contributed by atoms with van der Waals surface area (Å²) in [6.07, 6.45) is 0. The van der Waals surface area contributed by atoms with Crippen LogP contribution in [0, 0.1) is 26.6 Å². The maximum atomic E-state index is 14.5. The minimum absolute atomic E-state index is 0.133. The SMILES string of the molecule is CCNC(c1cc(C)c(C)cc1C)c1cccc(Br)c1F. The van der Waals surface area contributed by atoms with Gasteiger partial charge in [0.15, 0.2) is 0 Å². The van der Waals surface area contributed by atoms with Crippen molar-refractivity contribution in [3.63, 3.8) is 0 Å². The molecule has 0 heterocycles. The van der Waals surface area contributed by atoms with Crippen molar-refractivity contribution in [2.24, 2.45) is 0 Å². The first kappa shape index (κ1) is 16.2.